The van der Waals surface area contributed by atoms with E-state index in [0.29, 0.717) is 11.1 Å². The van der Waals surface area contributed by atoms with Gasteiger partial charge < -0.3 is 4.74 Å². The fraction of sp³-hybridized carbons (Fsp3) is 0.882. The van der Waals surface area contributed by atoms with Crippen molar-refractivity contribution in [2.45, 2.75) is 96.6 Å². The van der Waals surface area contributed by atoms with Crippen LogP contribution in [0.3, 0.4) is 0 Å². The zero-order chi connectivity index (χ0) is 14.7. The number of hydrogen-bond donors (Lipinski definition) is 0. The predicted molar refractivity (Wildman–Crippen MR) is 87.0 cm³/mol. The third-order valence-electron chi connectivity index (χ3n) is 4.72. The molecule has 0 aromatic rings. The quantitative estimate of drug-likeness (QED) is 0.385. The summed E-state index contributed by atoms with van der Waals surface area (Å²) in [6.07, 6.45) is 6.36. The van der Waals surface area contributed by atoms with E-state index in [0.717, 1.165) is 12.8 Å². The van der Waals surface area contributed by atoms with Crippen molar-refractivity contribution in [3.8, 4) is 11.5 Å². The van der Waals surface area contributed by atoms with Gasteiger partial charge in [-0.05, 0) is 17.9 Å². The third kappa shape index (κ3) is 4.10. The molecule has 1 fully saturated rings. The summed E-state index contributed by atoms with van der Waals surface area (Å²) < 4.78 is 6.00. The largest absolute Gasteiger partial charge is 0.352 e. The molecule has 1 heterocycles. The third-order valence-corrected chi connectivity index (χ3v) is 9.22. The van der Waals surface area contributed by atoms with Crippen molar-refractivity contribution in [1.82, 2.24) is 0 Å². The first-order valence-electron chi connectivity index (χ1n) is 7.90. The number of ether oxygens (including phenoxy) is 1. The van der Waals surface area contributed by atoms with Crippen LogP contribution in [0.15, 0.2) is 0 Å². The molecule has 2 atom stereocenters. The molecule has 1 aliphatic rings. The van der Waals surface area contributed by atoms with Gasteiger partial charge in [-0.3, -0.25) is 0 Å². The fourth-order valence-electron chi connectivity index (χ4n) is 2.11. The summed E-state index contributed by atoms with van der Waals surface area (Å²) in [4.78, 5) is 0. The zero-order valence-corrected chi connectivity index (χ0v) is 15.0. The molecule has 1 nitrogen and oxygen atoms in total. The Balaban J connectivity index is 2.78. The molecule has 0 saturated carbocycles. The van der Waals surface area contributed by atoms with Gasteiger partial charge in [0.15, 0.2) is 5.60 Å². The van der Waals surface area contributed by atoms with Crippen molar-refractivity contribution in [2.24, 2.45) is 0 Å². The average Bonchev–Trinajstić information content (AvgIpc) is 2.97. The van der Waals surface area contributed by atoms with Crippen molar-refractivity contribution >= 4 is 8.07 Å². The summed E-state index contributed by atoms with van der Waals surface area (Å²) in [6.45, 7) is 16.2. The summed E-state index contributed by atoms with van der Waals surface area (Å²) in [5.74, 6) is 3.57. The lowest BCUT2D eigenvalue weighted by atomic mass is 9.97. The van der Waals surface area contributed by atoms with Crippen LogP contribution < -0.4 is 0 Å². The monoisotopic (exact) mass is 280 g/mol. The van der Waals surface area contributed by atoms with E-state index in [1.807, 2.05) is 0 Å². The van der Waals surface area contributed by atoms with Crippen molar-refractivity contribution in [1.29, 1.82) is 0 Å². The second kappa shape index (κ2) is 6.02. The van der Waals surface area contributed by atoms with Gasteiger partial charge in [-0.15, -0.1) is 5.54 Å². The van der Waals surface area contributed by atoms with Crippen LogP contribution in [-0.4, -0.2) is 19.8 Å². The van der Waals surface area contributed by atoms with E-state index in [9.17, 15) is 0 Å². The van der Waals surface area contributed by atoms with Crippen LogP contribution in [0.4, 0.5) is 0 Å². The van der Waals surface area contributed by atoms with Crippen molar-refractivity contribution in [3.63, 3.8) is 0 Å². The van der Waals surface area contributed by atoms with Crippen LogP contribution >= 0.6 is 0 Å². The molecule has 110 valence electrons. The average molecular weight is 281 g/mol. The lowest BCUT2D eigenvalue weighted by Gasteiger charge is -2.31. The molecule has 0 N–H and O–H groups in total. The van der Waals surface area contributed by atoms with Gasteiger partial charge in [0.05, 0.1) is 6.10 Å². The Morgan fingerprint density at radius 3 is 2.26 bits per heavy atom. The fourth-order valence-corrected chi connectivity index (χ4v) is 3.01. The predicted octanol–water partition coefficient (Wildman–Crippen LogP) is 5.17. The molecule has 0 radical (unpaired) electrons. The van der Waals surface area contributed by atoms with Crippen molar-refractivity contribution < 1.29 is 4.74 Å². The Hall–Kier alpha value is -0.263. The van der Waals surface area contributed by atoms with E-state index >= 15 is 0 Å². The zero-order valence-electron chi connectivity index (χ0n) is 14.0. The van der Waals surface area contributed by atoms with Crippen molar-refractivity contribution in [2.75, 3.05) is 0 Å². The topological polar surface area (TPSA) is 12.5 Å². The molecule has 19 heavy (non-hydrogen) atoms. The highest BCUT2D eigenvalue weighted by atomic mass is 28.3. The normalized spacial score (nSPS) is 26.8. The molecule has 2 heteroatoms. The smallest absolute Gasteiger partial charge is 0.154 e. The van der Waals surface area contributed by atoms with Gasteiger partial charge in [-0.1, -0.05) is 72.9 Å². The number of epoxide rings is 1. The molecule has 0 bridgehead atoms. The van der Waals surface area contributed by atoms with Gasteiger partial charge in [-0.2, -0.15) is 0 Å². The molecule has 0 aromatic carbocycles. The van der Waals surface area contributed by atoms with Crippen molar-refractivity contribution in [3.05, 3.63) is 0 Å². The molecule has 0 spiro atoms. The van der Waals surface area contributed by atoms with Crippen LogP contribution in [0, 0.1) is 11.5 Å². The Kier molecular flexibility index (Phi) is 5.32. The van der Waals surface area contributed by atoms with Gasteiger partial charge in [-0.25, -0.2) is 0 Å². The van der Waals surface area contributed by atoms with Crippen LogP contribution in [0.1, 0.15) is 66.7 Å². The second-order valence-electron chi connectivity index (χ2n) is 7.51. The highest BCUT2D eigenvalue weighted by Gasteiger charge is 2.54. The summed E-state index contributed by atoms with van der Waals surface area (Å²) in [5.41, 5.74) is 3.57. The number of rotatable bonds is 5. The van der Waals surface area contributed by atoms with Gasteiger partial charge in [0.25, 0.3) is 0 Å². The van der Waals surface area contributed by atoms with Gasteiger partial charge in [0, 0.05) is 0 Å². The summed E-state index contributed by atoms with van der Waals surface area (Å²) in [5, 5.41) is 0.335. The Morgan fingerprint density at radius 2 is 1.79 bits per heavy atom. The van der Waals surface area contributed by atoms with Gasteiger partial charge in [0.2, 0.25) is 0 Å². The molecular formula is C17H32OSi. The molecule has 0 aliphatic carbocycles. The maximum absolute atomic E-state index is 6.00. The summed E-state index contributed by atoms with van der Waals surface area (Å²) >= 11 is 0. The minimum atomic E-state index is -1.51. The van der Waals surface area contributed by atoms with Crippen LogP contribution in [0.25, 0.3) is 0 Å². The van der Waals surface area contributed by atoms with E-state index in [1.165, 1.54) is 19.3 Å². The first-order valence-corrected chi connectivity index (χ1v) is 10.9. The molecule has 1 aliphatic heterocycles. The molecule has 0 aromatic heterocycles. The minimum absolute atomic E-state index is 0.0839. The maximum Gasteiger partial charge on any atom is 0.154 e. The van der Waals surface area contributed by atoms with Crippen LogP contribution in [-0.2, 0) is 4.74 Å². The first-order chi connectivity index (χ1) is 8.68. The molecule has 0 unspecified atom stereocenters. The maximum atomic E-state index is 6.00. The first kappa shape index (κ1) is 16.8. The number of unbranched alkanes of at least 4 members (excludes halogenated alkanes) is 1. The highest BCUT2D eigenvalue weighted by Crippen LogP contribution is 2.44. The lowest BCUT2D eigenvalue weighted by Crippen LogP contribution is -2.36. The minimum Gasteiger partial charge on any atom is -0.352 e. The lowest BCUT2D eigenvalue weighted by molar-refractivity contribution is 0.319. The van der Waals surface area contributed by atoms with Gasteiger partial charge in [0.1, 0.15) is 8.07 Å². The van der Waals surface area contributed by atoms with Crippen LogP contribution in [0.5, 0.6) is 0 Å². The summed E-state index contributed by atoms with van der Waals surface area (Å²) in [7, 11) is -1.51. The molecule has 1 rings (SSSR count). The number of hydrogen-bond acceptors (Lipinski definition) is 1. The Morgan fingerprint density at radius 1 is 1.16 bits per heavy atom. The van der Waals surface area contributed by atoms with E-state index in [2.05, 4.69) is 59.2 Å². The SMILES string of the molecule is CCCC[C@H]1O[C@@]1(C#C[Si](C)(C)C(C)(C)C)CCC. The highest BCUT2D eigenvalue weighted by molar-refractivity contribution is 6.87. The van der Waals surface area contributed by atoms with E-state index in [4.69, 9.17) is 4.74 Å². The molecular weight excluding hydrogens is 248 g/mol. The summed E-state index contributed by atoms with van der Waals surface area (Å²) in [6, 6.07) is 0. The molecule has 1 saturated heterocycles. The standard InChI is InChI=1S/C17H32OSi/c1-8-10-11-15-17(18-15,12-9-2)13-14-19(6,7)16(3,4)5/h15H,8-12H2,1-7H3/t15-,17-/m1/s1. The van der Waals surface area contributed by atoms with Gasteiger partial charge >= 0.3 is 0 Å². The van der Waals surface area contributed by atoms with E-state index in [1.54, 1.807) is 0 Å². The Labute approximate surface area is 121 Å². The van der Waals surface area contributed by atoms with Crippen LogP contribution in [0.2, 0.25) is 18.1 Å². The molecule has 0 amide bonds. The van der Waals surface area contributed by atoms with E-state index in [-0.39, 0.29) is 5.60 Å². The second-order valence-corrected chi connectivity index (χ2v) is 12.5. The van der Waals surface area contributed by atoms with E-state index < -0.39 is 8.07 Å². The Bertz CT molecular complexity index is 356.